The molecule has 1 N–H and O–H groups in total. The highest BCUT2D eigenvalue weighted by Crippen LogP contribution is 2.33. The first-order valence-corrected chi connectivity index (χ1v) is 10.3. The molecule has 0 spiro atoms. The van der Waals surface area contributed by atoms with Gasteiger partial charge in [0.15, 0.2) is 4.90 Å². The minimum absolute atomic E-state index is 0.0749. The quantitative estimate of drug-likeness (QED) is 0.484. The van der Waals surface area contributed by atoms with Crippen molar-refractivity contribution in [2.75, 3.05) is 0 Å². The van der Waals surface area contributed by atoms with Crippen LogP contribution in [0.25, 0.3) is 0 Å². The Hall–Kier alpha value is -2.79. The average molecular weight is 444 g/mol. The second-order valence-electron chi connectivity index (χ2n) is 6.55. The summed E-state index contributed by atoms with van der Waals surface area (Å²) in [7, 11) is -4.47. The van der Waals surface area contributed by atoms with Crippen LogP contribution in [0.4, 0.5) is 18.9 Å². The van der Waals surface area contributed by atoms with Gasteiger partial charge in [0.2, 0.25) is 10.0 Å². The van der Waals surface area contributed by atoms with Crippen LogP contribution >= 0.6 is 0 Å². The number of nitrogens with one attached hydrogen (secondary N) is 1. The number of nitro benzene ring substituents is 1. The third-order valence-corrected chi connectivity index (χ3v) is 6.08. The molecular formula is C19H19F3N2O5S. The van der Waals surface area contributed by atoms with Crippen molar-refractivity contribution in [3.05, 3.63) is 69.8 Å². The SMILES string of the molecule is CCC(=O)[C@H](C)[C@@H](NS(=O)(=O)c1ccccc1[N+](=O)[O-])c1ccc(C(F)(F)F)cc1. The summed E-state index contributed by atoms with van der Waals surface area (Å²) in [6.07, 6.45) is -4.51. The maximum Gasteiger partial charge on any atom is 0.416 e. The lowest BCUT2D eigenvalue weighted by Gasteiger charge is -2.25. The van der Waals surface area contributed by atoms with E-state index in [0.29, 0.717) is 0 Å². The Balaban J connectivity index is 2.51. The highest BCUT2D eigenvalue weighted by atomic mass is 32.2. The maximum absolute atomic E-state index is 12.9. The number of alkyl halides is 3. The fraction of sp³-hybridized carbons (Fsp3) is 0.316. The first-order chi connectivity index (χ1) is 13.9. The number of Topliss-reactive ketones (excluding diaryl/α,β-unsaturated/α-hetero) is 1. The molecule has 162 valence electrons. The lowest BCUT2D eigenvalue weighted by atomic mass is 9.90. The number of carbonyl (C=O) groups excluding carboxylic acids is 1. The molecule has 0 saturated carbocycles. The fourth-order valence-electron chi connectivity index (χ4n) is 2.91. The van der Waals surface area contributed by atoms with Gasteiger partial charge in [-0.05, 0) is 23.8 Å². The second-order valence-corrected chi connectivity index (χ2v) is 8.23. The number of carbonyl (C=O) groups is 1. The zero-order valence-electron chi connectivity index (χ0n) is 16.0. The number of nitrogens with zero attached hydrogens (tertiary/aromatic N) is 1. The molecule has 0 bridgehead atoms. The van der Waals surface area contributed by atoms with Gasteiger partial charge in [-0.25, -0.2) is 13.1 Å². The number of benzene rings is 2. The monoisotopic (exact) mass is 444 g/mol. The van der Waals surface area contributed by atoms with Gasteiger partial charge in [-0.1, -0.05) is 38.1 Å². The summed E-state index contributed by atoms with van der Waals surface area (Å²) in [5.74, 6) is -1.26. The Labute approximate surface area is 171 Å². The minimum Gasteiger partial charge on any atom is -0.299 e. The number of ketones is 1. The zero-order chi connectivity index (χ0) is 22.7. The van der Waals surface area contributed by atoms with E-state index in [4.69, 9.17) is 0 Å². The molecule has 0 radical (unpaired) electrons. The first-order valence-electron chi connectivity index (χ1n) is 8.84. The van der Waals surface area contributed by atoms with E-state index in [2.05, 4.69) is 4.72 Å². The number of sulfonamides is 1. The molecule has 11 heteroatoms. The van der Waals surface area contributed by atoms with E-state index in [9.17, 15) is 36.5 Å². The summed E-state index contributed by atoms with van der Waals surface area (Å²) >= 11 is 0. The molecule has 30 heavy (non-hydrogen) atoms. The van der Waals surface area contributed by atoms with Crippen LogP contribution < -0.4 is 4.72 Å². The van der Waals surface area contributed by atoms with Crippen molar-refractivity contribution in [2.45, 2.75) is 37.4 Å². The van der Waals surface area contributed by atoms with Crippen LogP contribution in [0, 0.1) is 16.0 Å². The van der Waals surface area contributed by atoms with Gasteiger partial charge in [0, 0.05) is 18.4 Å². The van der Waals surface area contributed by atoms with E-state index in [0.717, 1.165) is 36.4 Å². The van der Waals surface area contributed by atoms with E-state index in [1.165, 1.54) is 19.1 Å². The van der Waals surface area contributed by atoms with E-state index in [1.807, 2.05) is 0 Å². The van der Waals surface area contributed by atoms with E-state index in [-0.39, 0.29) is 17.8 Å². The Kier molecular flexibility index (Phi) is 6.99. The highest BCUT2D eigenvalue weighted by molar-refractivity contribution is 7.89. The average Bonchev–Trinajstić information content (AvgIpc) is 2.70. The van der Waals surface area contributed by atoms with Crippen LogP contribution in [-0.2, 0) is 21.0 Å². The maximum atomic E-state index is 12.9. The summed E-state index contributed by atoms with van der Waals surface area (Å²) < 4.78 is 66.5. The number of hydrogen-bond acceptors (Lipinski definition) is 5. The number of para-hydroxylation sites is 1. The van der Waals surface area contributed by atoms with Gasteiger partial charge in [-0.3, -0.25) is 14.9 Å². The summed E-state index contributed by atoms with van der Waals surface area (Å²) in [5, 5.41) is 11.2. The van der Waals surface area contributed by atoms with Gasteiger partial charge in [-0.2, -0.15) is 13.2 Å². The van der Waals surface area contributed by atoms with Crippen molar-refractivity contribution in [1.29, 1.82) is 0 Å². The second kappa shape index (κ2) is 8.92. The van der Waals surface area contributed by atoms with Gasteiger partial charge in [0.1, 0.15) is 5.78 Å². The minimum atomic E-state index is -4.58. The van der Waals surface area contributed by atoms with Gasteiger partial charge in [0.05, 0.1) is 16.5 Å². The van der Waals surface area contributed by atoms with Crippen LogP contribution in [-0.4, -0.2) is 19.1 Å². The molecule has 0 heterocycles. The van der Waals surface area contributed by atoms with Crippen molar-refractivity contribution < 1.29 is 31.3 Å². The predicted molar refractivity (Wildman–Crippen MR) is 102 cm³/mol. The lowest BCUT2D eigenvalue weighted by molar-refractivity contribution is -0.387. The molecule has 2 aromatic rings. The molecule has 0 aliphatic carbocycles. The Bertz CT molecular complexity index is 1040. The van der Waals surface area contributed by atoms with Crippen molar-refractivity contribution in [1.82, 2.24) is 4.72 Å². The van der Waals surface area contributed by atoms with Crippen LogP contribution in [0.1, 0.15) is 37.4 Å². The van der Waals surface area contributed by atoms with Crippen LogP contribution in [0.3, 0.4) is 0 Å². The molecule has 0 fully saturated rings. The molecule has 2 atom stereocenters. The first kappa shape index (κ1) is 23.5. The van der Waals surface area contributed by atoms with Gasteiger partial charge in [0.25, 0.3) is 5.69 Å². The standard InChI is InChI=1S/C19H19F3N2O5S/c1-3-16(25)12(2)18(13-8-10-14(11-9-13)19(20,21)22)23-30(28,29)17-7-5-4-6-15(17)24(26)27/h4-12,18,23H,3H2,1-2H3/t12-,18+/m0/s1. The Morgan fingerprint density at radius 3 is 2.20 bits per heavy atom. The van der Waals surface area contributed by atoms with Gasteiger partial charge < -0.3 is 0 Å². The number of halogens is 3. The normalized spacial score (nSPS) is 14.2. The van der Waals surface area contributed by atoms with Crippen LogP contribution in [0.15, 0.2) is 53.4 Å². The van der Waals surface area contributed by atoms with Gasteiger partial charge >= 0.3 is 6.18 Å². The molecule has 0 amide bonds. The van der Waals surface area contributed by atoms with Crippen LogP contribution in [0.5, 0.6) is 0 Å². The lowest BCUT2D eigenvalue weighted by Crippen LogP contribution is -2.35. The van der Waals surface area contributed by atoms with Crippen LogP contribution in [0.2, 0.25) is 0 Å². The van der Waals surface area contributed by atoms with E-state index >= 15 is 0 Å². The van der Waals surface area contributed by atoms with Crippen molar-refractivity contribution in [2.24, 2.45) is 5.92 Å². The Morgan fingerprint density at radius 1 is 1.13 bits per heavy atom. The third-order valence-electron chi connectivity index (χ3n) is 4.59. The number of rotatable bonds is 8. The molecule has 2 rings (SSSR count). The summed E-state index contributed by atoms with van der Waals surface area (Å²) in [4.78, 5) is 22.0. The van der Waals surface area contributed by atoms with Crippen molar-refractivity contribution in [3.63, 3.8) is 0 Å². The highest BCUT2D eigenvalue weighted by Gasteiger charge is 2.34. The summed E-state index contributed by atoms with van der Waals surface area (Å²) in [5.41, 5.74) is -1.47. The Morgan fingerprint density at radius 2 is 1.70 bits per heavy atom. The molecular weight excluding hydrogens is 425 g/mol. The molecule has 0 saturated heterocycles. The topological polar surface area (TPSA) is 106 Å². The fourth-order valence-corrected chi connectivity index (χ4v) is 4.39. The summed E-state index contributed by atoms with van der Waals surface area (Å²) in [6, 6.07) is 7.16. The molecule has 2 aromatic carbocycles. The predicted octanol–water partition coefficient (Wildman–Crippen LogP) is 4.25. The number of hydrogen-bond donors (Lipinski definition) is 1. The number of nitro groups is 1. The van der Waals surface area contributed by atoms with Gasteiger partial charge in [-0.15, -0.1) is 0 Å². The largest absolute Gasteiger partial charge is 0.416 e. The van der Waals surface area contributed by atoms with Crippen molar-refractivity contribution in [3.8, 4) is 0 Å². The van der Waals surface area contributed by atoms with Crippen molar-refractivity contribution >= 4 is 21.5 Å². The smallest absolute Gasteiger partial charge is 0.299 e. The third kappa shape index (κ3) is 5.22. The van der Waals surface area contributed by atoms with E-state index < -0.39 is 49.2 Å². The summed E-state index contributed by atoms with van der Waals surface area (Å²) in [6.45, 7) is 3.01. The zero-order valence-corrected chi connectivity index (χ0v) is 16.8. The van der Waals surface area contributed by atoms with E-state index in [1.54, 1.807) is 6.92 Å². The molecule has 0 aliphatic rings. The molecule has 0 aliphatic heterocycles. The molecule has 7 nitrogen and oxygen atoms in total. The molecule has 0 unspecified atom stereocenters. The molecule has 0 aromatic heterocycles.